The molecule has 1 N–H and O–H groups in total. The van der Waals surface area contributed by atoms with Crippen molar-refractivity contribution < 1.29 is 5.11 Å². The van der Waals surface area contributed by atoms with E-state index in [9.17, 15) is 0 Å². The maximum Gasteiger partial charge on any atom is 0.0319 e. The summed E-state index contributed by atoms with van der Waals surface area (Å²) in [6, 6.07) is 10.6. The first-order valence-electron chi connectivity index (χ1n) is 6.11. The summed E-state index contributed by atoms with van der Waals surface area (Å²) >= 11 is 0. The van der Waals surface area contributed by atoms with Crippen LogP contribution in [0.15, 0.2) is 30.3 Å². The maximum absolute atomic E-state index is 7.00. The molecule has 0 spiro atoms. The molecule has 0 amide bonds. The highest BCUT2D eigenvalue weighted by Gasteiger charge is 2.11. The quantitative estimate of drug-likeness (QED) is 0.683. The number of hydrogen-bond donors (Lipinski definition) is 1. The Bertz CT molecular complexity index is 196. The highest BCUT2D eigenvalue weighted by Crippen LogP contribution is 2.20. The molecule has 0 heterocycles. The molecule has 0 aliphatic carbocycles. The number of benzene rings is 1. The van der Waals surface area contributed by atoms with Gasteiger partial charge in [-0.3, -0.25) is 0 Å². The van der Waals surface area contributed by atoms with E-state index in [1.807, 2.05) is 27.7 Å². The number of aliphatic hydroxyl groups is 1. The Morgan fingerprint density at radius 2 is 1.06 bits per heavy atom. The van der Waals surface area contributed by atoms with Gasteiger partial charge in [0.15, 0.2) is 0 Å². The molecule has 0 bridgehead atoms. The van der Waals surface area contributed by atoms with Crippen molar-refractivity contribution in [1.82, 2.24) is 0 Å². The molecule has 0 radical (unpaired) electrons. The standard InChI is InChI=1S/C10H14.2C2H6.CH4O/c1-10(2,3)9-7-5-4-6-8-9;3*1-2/h4-8H,1-3H3;2*1-2H3;2H,1H3. The van der Waals surface area contributed by atoms with Crippen LogP contribution in [0.2, 0.25) is 0 Å². The molecule has 0 aliphatic heterocycles. The Hall–Kier alpha value is -0.820. The predicted octanol–water partition coefficient (Wildman–Crippen LogP) is 4.65. The molecule has 0 fully saturated rings. The minimum atomic E-state index is 0.293. The van der Waals surface area contributed by atoms with Gasteiger partial charge in [-0.2, -0.15) is 0 Å². The van der Waals surface area contributed by atoms with E-state index in [1.165, 1.54) is 5.56 Å². The molecule has 0 unspecified atom stereocenters. The van der Waals surface area contributed by atoms with Crippen LogP contribution in [0.4, 0.5) is 0 Å². The molecule has 0 saturated heterocycles. The second kappa shape index (κ2) is 14.2. The van der Waals surface area contributed by atoms with Crippen molar-refractivity contribution in [1.29, 1.82) is 0 Å². The third kappa shape index (κ3) is 11.3. The van der Waals surface area contributed by atoms with Crippen LogP contribution in [0.1, 0.15) is 54.0 Å². The Morgan fingerprint density at radius 1 is 0.750 bits per heavy atom. The summed E-state index contributed by atoms with van der Waals surface area (Å²) in [6.45, 7) is 14.7. The van der Waals surface area contributed by atoms with Gasteiger partial charge in [-0.05, 0) is 11.0 Å². The van der Waals surface area contributed by atoms with Crippen molar-refractivity contribution in [2.24, 2.45) is 0 Å². The molecule has 96 valence electrons. The van der Waals surface area contributed by atoms with Crippen LogP contribution in [0.5, 0.6) is 0 Å². The molecule has 0 atom stereocenters. The van der Waals surface area contributed by atoms with Crippen LogP contribution < -0.4 is 0 Å². The minimum absolute atomic E-state index is 0.293. The van der Waals surface area contributed by atoms with Gasteiger partial charge in [-0.1, -0.05) is 78.8 Å². The number of aliphatic hydroxyl groups excluding tert-OH is 1. The van der Waals surface area contributed by atoms with Crippen LogP contribution in [-0.4, -0.2) is 12.2 Å². The van der Waals surface area contributed by atoms with Crippen LogP contribution in [0.3, 0.4) is 0 Å². The number of hydrogen-bond acceptors (Lipinski definition) is 1. The van der Waals surface area contributed by atoms with Crippen LogP contribution in [0, 0.1) is 0 Å². The summed E-state index contributed by atoms with van der Waals surface area (Å²) in [5.74, 6) is 0. The van der Waals surface area contributed by atoms with Crippen molar-refractivity contribution in [3.05, 3.63) is 35.9 Å². The van der Waals surface area contributed by atoms with E-state index < -0.39 is 0 Å². The third-order valence-corrected chi connectivity index (χ3v) is 1.64. The normalized spacial score (nSPS) is 8.31. The molecule has 1 heteroatoms. The Kier molecular flexibility index (Phi) is 18.2. The molecule has 1 aromatic carbocycles. The fourth-order valence-electron chi connectivity index (χ4n) is 0.938. The van der Waals surface area contributed by atoms with E-state index in [4.69, 9.17) is 5.11 Å². The largest absolute Gasteiger partial charge is 0.400 e. The lowest BCUT2D eigenvalue weighted by atomic mass is 9.87. The first kappa shape index (κ1) is 20.6. The van der Waals surface area contributed by atoms with E-state index in [0.717, 1.165) is 7.11 Å². The minimum Gasteiger partial charge on any atom is -0.400 e. The lowest BCUT2D eigenvalue weighted by Crippen LogP contribution is -2.10. The molecule has 0 aromatic heterocycles. The smallest absolute Gasteiger partial charge is 0.0319 e. The van der Waals surface area contributed by atoms with Crippen molar-refractivity contribution >= 4 is 0 Å². The average Bonchev–Trinajstić information content (AvgIpc) is 2.37. The highest BCUT2D eigenvalue weighted by molar-refractivity contribution is 5.21. The summed E-state index contributed by atoms with van der Waals surface area (Å²) in [6.07, 6.45) is 0. The van der Waals surface area contributed by atoms with E-state index in [0.29, 0.717) is 5.41 Å². The highest BCUT2D eigenvalue weighted by atomic mass is 16.2. The summed E-state index contributed by atoms with van der Waals surface area (Å²) < 4.78 is 0. The van der Waals surface area contributed by atoms with Gasteiger partial charge >= 0.3 is 0 Å². The Morgan fingerprint density at radius 3 is 1.25 bits per heavy atom. The van der Waals surface area contributed by atoms with E-state index in [-0.39, 0.29) is 0 Å². The van der Waals surface area contributed by atoms with Gasteiger partial charge < -0.3 is 5.11 Å². The van der Waals surface area contributed by atoms with Crippen molar-refractivity contribution in [3.8, 4) is 0 Å². The monoisotopic (exact) mass is 226 g/mol. The van der Waals surface area contributed by atoms with E-state index >= 15 is 0 Å². The first-order valence-corrected chi connectivity index (χ1v) is 6.11. The van der Waals surface area contributed by atoms with Gasteiger partial charge in [0, 0.05) is 7.11 Å². The summed E-state index contributed by atoms with van der Waals surface area (Å²) in [5.41, 5.74) is 1.69. The average molecular weight is 226 g/mol. The lowest BCUT2D eigenvalue weighted by Gasteiger charge is -2.18. The van der Waals surface area contributed by atoms with Crippen LogP contribution in [-0.2, 0) is 5.41 Å². The molecule has 0 saturated carbocycles. The molecule has 0 aliphatic rings. The van der Waals surface area contributed by atoms with Gasteiger partial charge in [0.05, 0.1) is 0 Å². The molecule has 1 rings (SSSR count). The van der Waals surface area contributed by atoms with Crippen molar-refractivity contribution in [2.45, 2.75) is 53.9 Å². The Balaban J connectivity index is -0.000000245. The second-order valence-electron chi connectivity index (χ2n) is 3.62. The zero-order valence-corrected chi connectivity index (χ0v) is 12.3. The topological polar surface area (TPSA) is 20.2 Å². The second-order valence-corrected chi connectivity index (χ2v) is 3.62. The van der Waals surface area contributed by atoms with Gasteiger partial charge in [0.1, 0.15) is 0 Å². The van der Waals surface area contributed by atoms with Crippen molar-refractivity contribution in [2.75, 3.05) is 7.11 Å². The lowest BCUT2D eigenvalue weighted by molar-refractivity contribution is 0.399. The maximum atomic E-state index is 7.00. The molecular formula is C15H30O. The van der Waals surface area contributed by atoms with Gasteiger partial charge in [-0.25, -0.2) is 0 Å². The van der Waals surface area contributed by atoms with E-state index in [2.05, 4.69) is 51.1 Å². The zero-order valence-electron chi connectivity index (χ0n) is 12.3. The van der Waals surface area contributed by atoms with E-state index in [1.54, 1.807) is 0 Å². The summed E-state index contributed by atoms with van der Waals surface area (Å²) in [4.78, 5) is 0. The fourth-order valence-corrected chi connectivity index (χ4v) is 0.938. The predicted molar refractivity (Wildman–Crippen MR) is 76.0 cm³/mol. The SMILES string of the molecule is CC.CC.CC(C)(C)c1ccccc1.CO. The van der Waals surface area contributed by atoms with Gasteiger partial charge in [0.25, 0.3) is 0 Å². The van der Waals surface area contributed by atoms with Gasteiger partial charge in [-0.15, -0.1) is 0 Å². The fraction of sp³-hybridized carbons (Fsp3) is 0.600. The molecule has 16 heavy (non-hydrogen) atoms. The van der Waals surface area contributed by atoms with Crippen molar-refractivity contribution in [3.63, 3.8) is 0 Å². The summed E-state index contributed by atoms with van der Waals surface area (Å²) in [7, 11) is 1.00. The van der Waals surface area contributed by atoms with Crippen LogP contribution in [0.25, 0.3) is 0 Å². The third-order valence-electron chi connectivity index (χ3n) is 1.64. The first-order chi connectivity index (χ1) is 7.61. The zero-order chi connectivity index (χ0) is 13.6. The molecule has 1 nitrogen and oxygen atoms in total. The Labute approximate surface area is 103 Å². The number of rotatable bonds is 0. The van der Waals surface area contributed by atoms with Crippen LogP contribution >= 0.6 is 0 Å². The molecule has 1 aromatic rings. The van der Waals surface area contributed by atoms with Gasteiger partial charge in [0.2, 0.25) is 0 Å². The summed E-state index contributed by atoms with van der Waals surface area (Å²) in [5, 5.41) is 7.00. The molecular weight excluding hydrogens is 196 g/mol.